The molecule has 4 aliphatic rings. The lowest BCUT2D eigenvalue weighted by molar-refractivity contribution is -0.151. The number of nitrogens with one attached hydrogen (secondary N) is 2. The van der Waals surface area contributed by atoms with Gasteiger partial charge in [0.1, 0.15) is 23.4 Å². The van der Waals surface area contributed by atoms with Crippen LogP contribution in [0.25, 0.3) is 10.8 Å². The SMILES string of the molecule is C=C[C@@H]1CC1(NC(=O)[C@@H]1C[C@@H](Oc2nccc3c(Cl)c(OC)ccc23)CN1C(=O)C(CC(=O)N1CCCC(F)(F)C1)C(C)(C)C)C(=O)NS(=O)(=O)C1CC1. The number of nitrogens with zero attached hydrogens (tertiary/aromatic N) is 3. The maximum absolute atomic E-state index is 14.6. The van der Waals surface area contributed by atoms with Crippen molar-refractivity contribution in [3.05, 3.63) is 42.1 Å². The molecule has 2 saturated carbocycles. The molecule has 0 bridgehead atoms. The summed E-state index contributed by atoms with van der Waals surface area (Å²) in [6, 6.07) is 3.84. The molecule has 6 rings (SSSR count). The predicted octanol–water partition coefficient (Wildman–Crippen LogP) is 4.22. The zero-order valence-corrected chi connectivity index (χ0v) is 32.3. The van der Waals surface area contributed by atoms with E-state index in [9.17, 15) is 36.4 Å². The molecule has 2 unspecified atom stereocenters. The quantitative estimate of drug-likeness (QED) is 0.300. The van der Waals surface area contributed by atoms with Crippen molar-refractivity contribution in [3.63, 3.8) is 0 Å². The van der Waals surface area contributed by atoms with Gasteiger partial charge in [-0.2, -0.15) is 0 Å². The van der Waals surface area contributed by atoms with Crippen LogP contribution in [0.1, 0.15) is 65.7 Å². The molecule has 5 atom stereocenters. The minimum atomic E-state index is -3.94. The molecule has 294 valence electrons. The number of amides is 4. The number of alkyl halides is 2. The zero-order valence-electron chi connectivity index (χ0n) is 30.7. The number of hydrogen-bond acceptors (Lipinski definition) is 9. The topological polar surface area (TPSA) is 164 Å². The fraction of sp³-hybridized carbons (Fsp3) is 0.595. The number of methoxy groups -OCH3 is 1. The largest absolute Gasteiger partial charge is 0.495 e. The Labute approximate surface area is 318 Å². The molecule has 4 amide bonds. The van der Waals surface area contributed by atoms with Gasteiger partial charge in [0.05, 0.1) is 36.4 Å². The molecule has 1 aromatic heterocycles. The number of carbonyl (C=O) groups is 4. The number of carbonyl (C=O) groups excluding carboxylic acids is 4. The Hall–Kier alpha value is -4.05. The molecule has 2 aliphatic heterocycles. The highest BCUT2D eigenvalue weighted by atomic mass is 35.5. The Balaban J connectivity index is 1.29. The van der Waals surface area contributed by atoms with Crippen LogP contribution in [0.5, 0.6) is 11.6 Å². The summed E-state index contributed by atoms with van der Waals surface area (Å²) in [6.45, 7) is 8.29. The highest BCUT2D eigenvalue weighted by molar-refractivity contribution is 7.91. The number of sulfonamides is 1. The number of fused-ring (bicyclic) bond motifs is 1. The summed E-state index contributed by atoms with van der Waals surface area (Å²) in [5.74, 6) is -6.80. The van der Waals surface area contributed by atoms with Crippen LogP contribution in [0.15, 0.2) is 37.1 Å². The number of pyridine rings is 1. The van der Waals surface area contributed by atoms with E-state index in [2.05, 4.69) is 21.6 Å². The third-order valence-electron chi connectivity index (χ3n) is 10.9. The van der Waals surface area contributed by atoms with Gasteiger partial charge >= 0.3 is 0 Å². The van der Waals surface area contributed by atoms with Crippen LogP contribution in [0.4, 0.5) is 8.78 Å². The van der Waals surface area contributed by atoms with Crippen molar-refractivity contribution in [3.8, 4) is 11.6 Å². The second-order valence-electron chi connectivity index (χ2n) is 15.9. The molecule has 54 heavy (non-hydrogen) atoms. The van der Waals surface area contributed by atoms with Crippen molar-refractivity contribution in [1.82, 2.24) is 24.8 Å². The maximum Gasteiger partial charge on any atom is 0.265 e. The van der Waals surface area contributed by atoms with Crippen LogP contribution in [0.3, 0.4) is 0 Å². The van der Waals surface area contributed by atoms with E-state index < -0.39 is 86.3 Å². The van der Waals surface area contributed by atoms with Gasteiger partial charge in [-0.3, -0.25) is 23.9 Å². The number of piperidine rings is 1. The second kappa shape index (κ2) is 14.5. The minimum absolute atomic E-state index is 0.0560. The summed E-state index contributed by atoms with van der Waals surface area (Å²) in [6.07, 6.45) is 2.48. The molecule has 13 nitrogen and oxygen atoms in total. The molecule has 2 saturated heterocycles. The smallest absolute Gasteiger partial charge is 0.265 e. The van der Waals surface area contributed by atoms with E-state index in [1.807, 2.05) is 0 Å². The molecule has 17 heteroatoms. The number of likely N-dealkylation sites (tertiary alicyclic amines) is 2. The molecule has 1 aromatic carbocycles. The van der Waals surface area contributed by atoms with E-state index in [0.717, 1.165) is 4.90 Å². The third kappa shape index (κ3) is 8.00. The monoisotopic (exact) mass is 793 g/mol. The molecule has 0 radical (unpaired) electrons. The predicted molar refractivity (Wildman–Crippen MR) is 195 cm³/mol. The first-order valence-electron chi connectivity index (χ1n) is 18.0. The van der Waals surface area contributed by atoms with Crippen molar-refractivity contribution < 1.29 is 45.9 Å². The average Bonchev–Trinajstić information content (AvgIpc) is 4.03. The van der Waals surface area contributed by atoms with Crippen molar-refractivity contribution in [2.75, 3.05) is 26.7 Å². The Bertz CT molecular complexity index is 1970. The minimum Gasteiger partial charge on any atom is -0.495 e. The van der Waals surface area contributed by atoms with E-state index in [4.69, 9.17) is 21.1 Å². The number of benzene rings is 1. The molecule has 2 aliphatic carbocycles. The van der Waals surface area contributed by atoms with Crippen LogP contribution in [0, 0.1) is 17.3 Å². The molecular weight excluding hydrogens is 748 g/mol. The van der Waals surface area contributed by atoms with E-state index in [1.165, 1.54) is 24.3 Å². The highest BCUT2D eigenvalue weighted by Gasteiger charge is 2.62. The molecule has 4 fully saturated rings. The fourth-order valence-electron chi connectivity index (χ4n) is 7.42. The summed E-state index contributed by atoms with van der Waals surface area (Å²) < 4.78 is 67.8. The first-order chi connectivity index (χ1) is 25.3. The van der Waals surface area contributed by atoms with E-state index in [1.54, 1.807) is 39.0 Å². The number of hydrogen-bond donors (Lipinski definition) is 2. The summed E-state index contributed by atoms with van der Waals surface area (Å²) >= 11 is 6.56. The standard InChI is InChI=1S/C37H46ClF2N5O8S/c1-6-21-18-37(21,34(49)43-54(50,51)23-8-9-23)42-31(47)27-16-22(53-32-25-10-11-28(52-5)30(38)24(25)12-14-41-32)19-45(27)33(48)26(35(2,3)4)17-29(46)44-15-7-13-36(39,40)20-44/h6,10-12,14,21-23,26-27H,1,7-9,13,15-20H2,2-5H3,(H,42,47)(H,43,49)/t21-,22-,26?,27+,37?/m1/s1. The van der Waals surface area contributed by atoms with Gasteiger partial charge in [-0.15, -0.1) is 6.58 Å². The normalized spacial score (nSPS) is 25.8. The number of ether oxygens (including phenoxy) is 2. The Kier molecular flexibility index (Phi) is 10.7. The van der Waals surface area contributed by atoms with E-state index in [-0.39, 0.29) is 51.1 Å². The number of halogens is 3. The second-order valence-corrected chi connectivity index (χ2v) is 18.2. The first kappa shape index (κ1) is 39.6. The van der Waals surface area contributed by atoms with Crippen LogP contribution in [-0.2, 0) is 29.2 Å². The fourth-order valence-corrected chi connectivity index (χ4v) is 9.09. The molecule has 0 spiro atoms. The lowest BCUT2D eigenvalue weighted by Crippen LogP contribution is -2.57. The number of rotatable bonds is 12. The van der Waals surface area contributed by atoms with Crippen molar-refractivity contribution >= 4 is 56.0 Å². The van der Waals surface area contributed by atoms with Crippen LogP contribution in [0.2, 0.25) is 5.02 Å². The summed E-state index contributed by atoms with van der Waals surface area (Å²) in [5, 5.41) is 3.54. The first-order valence-corrected chi connectivity index (χ1v) is 20.0. The maximum atomic E-state index is 14.6. The van der Waals surface area contributed by atoms with Crippen molar-refractivity contribution in [2.24, 2.45) is 17.3 Å². The van der Waals surface area contributed by atoms with Gasteiger partial charge in [0, 0.05) is 48.7 Å². The van der Waals surface area contributed by atoms with Gasteiger partial charge in [0.25, 0.3) is 11.8 Å². The Morgan fingerprint density at radius 2 is 1.89 bits per heavy atom. The van der Waals surface area contributed by atoms with E-state index >= 15 is 0 Å². The summed E-state index contributed by atoms with van der Waals surface area (Å²) in [7, 11) is -2.46. The highest BCUT2D eigenvalue weighted by Crippen LogP contribution is 2.46. The average molecular weight is 794 g/mol. The van der Waals surface area contributed by atoms with Crippen LogP contribution < -0.4 is 19.5 Å². The van der Waals surface area contributed by atoms with Crippen molar-refractivity contribution in [2.45, 2.75) is 94.6 Å². The van der Waals surface area contributed by atoms with Crippen LogP contribution in [-0.4, -0.2) is 102 Å². The molecule has 3 heterocycles. The van der Waals surface area contributed by atoms with Gasteiger partial charge in [-0.05, 0) is 49.3 Å². The molecular formula is C37H46ClF2N5O8S. The third-order valence-corrected chi connectivity index (χ3v) is 13.1. The van der Waals surface area contributed by atoms with Gasteiger partial charge in [-0.1, -0.05) is 38.4 Å². The van der Waals surface area contributed by atoms with Gasteiger partial charge in [0.2, 0.25) is 33.6 Å². The lowest BCUT2D eigenvalue weighted by atomic mass is 9.77. The van der Waals surface area contributed by atoms with Crippen LogP contribution >= 0.6 is 11.6 Å². The lowest BCUT2D eigenvalue weighted by Gasteiger charge is -2.37. The Morgan fingerprint density at radius 3 is 2.50 bits per heavy atom. The summed E-state index contributed by atoms with van der Waals surface area (Å²) in [4.78, 5) is 62.7. The number of aromatic nitrogens is 1. The molecule has 2 N–H and O–H groups in total. The van der Waals surface area contributed by atoms with Crippen molar-refractivity contribution in [1.29, 1.82) is 0 Å². The van der Waals surface area contributed by atoms with Gasteiger partial charge in [0.15, 0.2) is 0 Å². The van der Waals surface area contributed by atoms with Gasteiger partial charge in [-0.25, -0.2) is 22.2 Å². The zero-order chi connectivity index (χ0) is 39.4. The van der Waals surface area contributed by atoms with E-state index in [0.29, 0.717) is 34.4 Å². The summed E-state index contributed by atoms with van der Waals surface area (Å²) in [5.41, 5.74) is -2.46. The molecule has 2 aromatic rings. The Morgan fingerprint density at radius 1 is 1.17 bits per heavy atom. The van der Waals surface area contributed by atoms with Gasteiger partial charge < -0.3 is 24.6 Å².